The lowest BCUT2D eigenvalue weighted by Gasteiger charge is -2.03. The minimum atomic E-state index is -0.319. The Morgan fingerprint density at radius 3 is 1.13 bits per heavy atom. The molecule has 0 saturated carbocycles. The van der Waals surface area contributed by atoms with Crippen molar-refractivity contribution in [3.63, 3.8) is 0 Å². The lowest BCUT2D eigenvalue weighted by molar-refractivity contribution is -0.138. The highest BCUT2D eigenvalue weighted by Gasteiger charge is 1.97. The van der Waals surface area contributed by atoms with E-state index in [0.29, 0.717) is 13.2 Å². The third-order valence-electron chi connectivity index (χ3n) is 5.02. The third kappa shape index (κ3) is 22.4. The third-order valence-corrected chi connectivity index (χ3v) is 5.02. The molecule has 0 fully saturated rings. The number of allylic oxidation sites excluding steroid dienone is 2. The van der Waals surface area contributed by atoms with Gasteiger partial charge in [-0.15, -0.1) is 0 Å². The first kappa shape index (κ1) is 28.2. The van der Waals surface area contributed by atoms with Crippen LogP contribution in [0.1, 0.15) is 103 Å². The van der Waals surface area contributed by atoms with Crippen molar-refractivity contribution in [2.45, 2.75) is 103 Å². The Morgan fingerprint density at radius 1 is 0.500 bits per heavy atom. The van der Waals surface area contributed by atoms with Gasteiger partial charge >= 0.3 is 11.9 Å². The molecule has 0 saturated heterocycles. The molecule has 0 aromatic carbocycles. The molecule has 0 bridgehead atoms. The first-order valence-corrected chi connectivity index (χ1v) is 11.9. The molecule has 30 heavy (non-hydrogen) atoms. The predicted molar refractivity (Wildman–Crippen MR) is 125 cm³/mol. The molecule has 0 heterocycles. The topological polar surface area (TPSA) is 52.6 Å². The van der Waals surface area contributed by atoms with Crippen molar-refractivity contribution in [2.75, 3.05) is 13.2 Å². The Morgan fingerprint density at radius 2 is 0.800 bits per heavy atom. The molecule has 0 aliphatic carbocycles. The summed E-state index contributed by atoms with van der Waals surface area (Å²) < 4.78 is 9.91. The minimum Gasteiger partial charge on any atom is -0.463 e. The summed E-state index contributed by atoms with van der Waals surface area (Å²) in [7, 11) is 0. The van der Waals surface area contributed by atoms with Crippen LogP contribution in [0, 0.1) is 0 Å². The van der Waals surface area contributed by atoms with Crippen molar-refractivity contribution in [3.05, 3.63) is 37.5 Å². The quantitative estimate of drug-likeness (QED) is 0.0801. The van der Waals surface area contributed by atoms with Gasteiger partial charge in [0.15, 0.2) is 0 Å². The SMILES string of the molecule is C=CC(=O)OCCCCCCCCC/C=C/CCCCCCCCCOC(=O)C=C. The summed E-state index contributed by atoms with van der Waals surface area (Å²) in [5.41, 5.74) is 0. The number of esters is 2. The molecule has 172 valence electrons. The van der Waals surface area contributed by atoms with Gasteiger partial charge in [-0.05, 0) is 38.5 Å². The van der Waals surface area contributed by atoms with Gasteiger partial charge < -0.3 is 9.47 Å². The summed E-state index contributed by atoms with van der Waals surface area (Å²) in [6, 6.07) is 0. The van der Waals surface area contributed by atoms with Gasteiger partial charge in [-0.25, -0.2) is 9.59 Å². The molecule has 4 heteroatoms. The average Bonchev–Trinajstić information content (AvgIpc) is 2.76. The van der Waals surface area contributed by atoms with Crippen LogP contribution in [0.15, 0.2) is 37.5 Å². The lowest BCUT2D eigenvalue weighted by Crippen LogP contribution is -2.01. The van der Waals surface area contributed by atoms with Crippen molar-refractivity contribution >= 4 is 11.9 Å². The molecule has 0 aromatic rings. The maximum Gasteiger partial charge on any atom is 0.330 e. The molecule has 0 N–H and O–H groups in total. The monoisotopic (exact) mass is 420 g/mol. The molecule has 0 radical (unpaired) electrons. The van der Waals surface area contributed by atoms with Crippen LogP contribution in [0.5, 0.6) is 0 Å². The Kier molecular flexibility index (Phi) is 22.0. The van der Waals surface area contributed by atoms with Gasteiger partial charge in [-0.1, -0.05) is 89.5 Å². The zero-order valence-electron chi connectivity index (χ0n) is 19.1. The van der Waals surface area contributed by atoms with E-state index in [9.17, 15) is 9.59 Å². The number of hydrogen-bond acceptors (Lipinski definition) is 4. The van der Waals surface area contributed by atoms with Crippen LogP contribution in [0.2, 0.25) is 0 Å². The summed E-state index contributed by atoms with van der Waals surface area (Å²) in [5.74, 6) is -0.638. The van der Waals surface area contributed by atoms with E-state index in [1.165, 1.54) is 89.2 Å². The first-order chi connectivity index (χ1) is 14.7. The van der Waals surface area contributed by atoms with Crippen LogP contribution >= 0.6 is 0 Å². The van der Waals surface area contributed by atoms with Gasteiger partial charge in [0.05, 0.1) is 13.2 Å². The van der Waals surface area contributed by atoms with Gasteiger partial charge in [-0.3, -0.25) is 0 Å². The predicted octanol–water partition coefficient (Wildman–Crippen LogP) is 7.24. The normalized spacial score (nSPS) is 10.8. The molecule has 0 aliphatic heterocycles. The van der Waals surface area contributed by atoms with E-state index in [1.807, 2.05) is 0 Å². The number of unbranched alkanes of at least 4 members (excludes halogenated alkanes) is 14. The average molecular weight is 421 g/mol. The Balaban J connectivity index is 3.15. The fraction of sp³-hybridized carbons (Fsp3) is 0.692. The van der Waals surface area contributed by atoms with Crippen molar-refractivity contribution < 1.29 is 19.1 Å². The number of carbonyl (C=O) groups is 2. The van der Waals surface area contributed by atoms with E-state index in [-0.39, 0.29) is 11.9 Å². The van der Waals surface area contributed by atoms with E-state index < -0.39 is 0 Å². The maximum atomic E-state index is 10.9. The second-order valence-corrected chi connectivity index (χ2v) is 7.74. The molecule has 0 unspecified atom stereocenters. The Bertz CT molecular complexity index is 426. The van der Waals surface area contributed by atoms with Crippen molar-refractivity contribution in [2.24, 2.45) is 0 Å². The fourth-order valence-corrected chi connectivity index (χ4v) is 3.20. The molecule has 0 spiro atoms. The van der Waals surface area contributed by atoms with Crippen LogP contribution in [0.4, 0.5) is 0 Å². The smallest absolute Gasteiger partial charge is 0.330 e. The van der Waals surface area contributed by atoms with Crippen LogP contribution < -0.4 is 0 Å². The van der Waals surface area contributed by atoms with Gasteiger partial charge in [0.2, 0.25) is 0 Å². The molecule has 0 atom stereocenters. The van der Waals surface area contributed by atoms with Crippen molar-refractivity contribution in [1.82, 2.24) is 0 Å². The summed E-state index contributed by atoms with van der Waals surface area (Å²) in [5, 5.41) is 0. The Hall–Kier alpha value is -1.84. The van der Waals surface area contributed by atoms with E-state index in [1.54, 1.807) is 0 Å². The highest BCUT2D eigenvalue weighted by molar-refractivity contribution is 5.81. The van der Waals surface area contributed by atoms with Gasteiger partial charge in [0.1, 0.15) is 0 Å². The van der Waals surface area contributed by atoms with Gasteiger partial charge in [0, 0.05) is 12.2 Å². The number of rotatable bonds is 22. The summed E-state index contributed by atoms with van der Waals surface area (Å²) in [6.45, 7) is 7.80. The molecule has 0 aliphatic rings. The van der Waals surface area contributed by atoms with Crippen LogP contribution in [0.3, 0.4) is 0 Å². The van der Waals surface area contributed by atoms with Crippen LogP contribution in [-0.4, -0.2) is 25.2 Å². The zero-order chi connectivity index (χ0) is 22.1. The van der Waals surface area contributed by atoms with Gasteiger partial charge in [-0.2, -0.15) is 0 Å². The molecule has 0 rings (SSSR count). The standard InChI is InChI=1S/C26H44O4/c1-3-25(27)29-23-21-19-17-15-13-11-9-7-5-6-8-10-12-14-16-18-20-22-24-30-26(28)4-2/h3-6H,1-2,7-24H2/b6-5+. The number of ether oxygens (including phenoxy) is 2. The summed E-state index contributed by atoms with van der Waals surface area (Å²) in [6.07, 6.45) is 26.5. The van der Waals surface area contributed by atoms with E-state index in [2.05, 4.69) is 25.3 Å². The Labute approximate surface area is 184 Å². The van der Waals surface area contributed by atoms with E-state index >= 15 is 0 Å². The number of hydrogen-bond donors (Lipinski definition) is 0. The van der Waals surface area contributed by atoms with E-state index in [0.717, 1.165) is 25.7 Å². The zero-order valence-corrected chi connectivity index (χ0v) is 19.1. The molecular formula is C26H44O4. The van der Waals surface area contributed by atoms with Crippen LogP contribution in [0.25, 0.3) is 0 Å². The lowest BCUT2D eigenvalue weighted by atomic mass is 10.1. The van der Waals surface area contributed by atoms with Crippen molar-refractivity contribution in [3.8, 4) is 0 Å². The largest absolute Gasteiger partial charge is 0.463 e. The molecule has 0 aromatic heterocycles. The summed E-state index contributed by atoms with van der Waals surface area (Å²) >= 11 is 0. The second kappa shape index (κ2) is 23.4. The highest BCUT2D eigenvalue weighted by Crippen LogP contribution is 2.11. The number of carbonyl (C=O) groups excluding carboxylic acids is 2. The van der Waals surface area contributed by atoms with Crippen molar-refractivity contribution in [1.29, 1.82) is 0 Å². The molecule has 4 nitrogen and oxygen atoms in total. The first-order valence-electron chi connectivity index (χ1n) is 11.9. The van der Waals surface area contributed by atoms with Crippen LogP contribution in [-0.2, 0) is 19.1 Å². The van der Waals surface area contributed by atoms with Gasteiger partial charge in [0.25, 0.3) is 0 Å². The minimum absolute atomic E-state index is 0.319. The summed E-state index contributed by atoms with van der Waals surface area (Å²) in [4.78, 5) is 21.8. The highest BCUT2D eigenvalue weighted by atomic mass is 16.5. The fourth-order valence-electron chi connectivity index (χ4n) is 3.20. The second-order valence-electron chi connectivity index (χ2n) is 7.74. The maximum absolute atomic E-state index is 10.9. The van der Waals surface area contributed by atoms with E-state index in [4.69, 9.17) is 9.47 Å². The molecule has 0 amide bonds. The molecular weight excluding hydrogens is 376 g/mol.